The van der Waals surface area contributed by atoms with Crippen LogP contribution in [0.4, 0.5) is 0 Å². The van der Waals surface area contributed by atoms with Crippen LogP contribution in [0.1, 0.15) is 29.8 Å². The van der Waals surface area contributed by atoms with Crippen molar-refractivity contribution in [1.82, 2.24) is 9.21 Å². The monoisotopic (exact) mass is 394 g/mol. The van der Waals surface area contributed by atoms with Crippen molar-refractivity contribution < 1.29 is 23.4 Å². The van der Waals surface area contributed by atoms with Gasteiger partial charge in [-0.05, 0) is 32.0 Å². The maximum atomic E-state index is 12.7. The summed E-state index contributed by atoms with van der Waals surface area (Å²) >= 11 is 0. The highest BCUT2D eigenvalue weighted by Gasteiger charge is 2.37. The second-order valence-electron chi connectivity index (χ2n) is 7.49. The van der Waals surface area contributed by atoms with Crippen molar-refractivity contribution >= 4 is 15.9 Å². The number of sulfonamides is 1. The van der Waals surface area contributed by atoms with E-state index in [1.165, 1.54) is 19.0 Å². The summed E-state index contributed by atoms with van der Waals surface area (Å²) in [6.07, 6.45) is -0.887. The van der Waals surface area contributed by atoms with Crippen LogP contribution in [0.3, 0.4) is 0 Å². The highest BCUT2D eigenvalue weighted by molar-refractivity contribution is 7.89. The molecule has 1 aromatic carbocycles. The molecule has 1 fully saturated rings. The predicted molar refractivity (Wildman–Crippen MR) is 102 cm³/mol. The quantitative estimate of drug-likeness (QED) is 0.708. The summed E-state index contributed by atoms with van der Waals surface area (Å²) in [7, 11) is -0.574. The lowest BCUT2D eigenvalue weighted by Crippen LogP contribution is -2.33. The van der Waals surface area contributed by atoms with Gasteiger partial charge in [0.1, 0.15) is 5.60 Å². The number of aliphatic hydroxyl groups excluding tert-OH is 1. The number of carbonyl (C=O) groups excluding carboxylic acids is 1. The zero-order valence-corrected chi connectivity index (χ0v) is 16.8. The third kappa shape index (κ3) is 5.78. The van der Waals surface area contributed by atoms with E-state index in [0.717, 1.165) is 4.31 Å². The molecule has 0 aliphatic carbocycles. The molecule has 2 N–H and O–H groups in total. The topological polar surface area (TPSA) is 98.2 Å². The molecule has 8 heteroatoms. The molecule has 1 saturated heterocycles. The zero-order valence-electron chi connectivity index (χ0n) is 16.0. The van der Waals surface area contributed by atoms with Gasteiger partial charge in [0, 0.05) is 44.2 Å². The Labute approximate surface area is 160 Å². The fraction of sp³-hybridized carbons (Fsp3) is 0.526. The van der Waals surface area contributed by atoms with Crippen molar-refractivity contribution in [3.63, 3.8) is 0 Å². The first-order valence-electron chi connectivity index (χ1n) is 8.62. The summed E-state index contributed by atoms with van der Waals surface area (Å²) in [5, 5.41) is 19.9. The molecule has 0 radical (unpaired) electrons. The van der Waals surface area contributed by atoms with E-state index in [1.807, 2.05) is 0 Å². The zero-order chi connectivity index (χ0) is 20.4. The number of aliphatic hydroxyl groups is 2. The van der Waals surface area contributed by atoms with Crippen LogP contribution in [0, 0.1) is 17.8 Å². The number of hydrogen-bond acceptors (Lipinski definition) is 5. The van der Waals surface area contributed by atoms with Gasteiger partial charge >= 0.3 is 0 Å². The summed E-state index contributed by atoms with van der Waals surface area (Å²) in [6, 6.07) is 6.70. The van der Waals surface area contributed by atoms with Crippen LogP contribution in [0.2, 0.25) is 0 Å². The molecule has 7 nitrogen and oxygen atoms in total. The van der Waals surface area contributed by atoms with E-state index in [1.54, 1.807) is 38.1 Å². The van der Waals surface area contributed by atoms with Gasteiger partial charge in [-0.15, -0.1) is 0 Å². The van der Waals surface area contributed by atoms with Crippen LogP contribution in [0.15, 0.2) is 24.3 Å². The van der Waals surface area contributed by atoms with E-state index in [9.17, 15) is 23.4 Å². The molecule has 148 valence electrons. The van der Waals surface area contributed by atoms with Crippen molar-refractivity contribution in [2.45, 2.75) is 25.6 Å². The van der Waals surface area contributed by atoms with Gasteiger partial charge in [-0.1, -0.05) is 17.9 Å². The maximum Gasteiger partial charge on any atom is 0.253 e. The van der Waals surface area contributed by atoms with Crippen LogP contribution in [-0.2, 0) is 10.0 Å². The van der Waals surface area contributed by atoms with Gasteiger partial charge in [-0.2, -0.15) is 0 Å². The average Bonchev–Trinajstić information content (AvgIpc) is 2.92. The first-order chi connectivity index (χ1) is 12.4. The third-order valence-electron chi connectivity index (χ3n) is 4.30. The average molecular weight is 394 g/mol. The summed E-state index contributed by atoms with van der Waals surface area (Å²) < 4.78 is 25.2. The molecule has 1 aliphatic heterocycles. The summed E-state index contributed by atoms with van der Waals surface area (Å²) in [6.45, 7) is 3.41. The van der Waals surface area contributed by atoms with Gasteiger partial charge in [0.25, 0.3) is 5.91 Å². The maximum absolute atomic E-state index is 12.7. The van der Waals surface area contributed by atoms with E-state index in [4.69, 9.17) is 0 Å². The predicted octanol–water partition coefficient (Wildman–Crippen LogP) is 0.133. The van der Waals surface area contributed by atoms with Crippen molar-refractivity contribution in [1.29, 1.82) is 0 Å². The Bertz CT molecular complexity index is 862. The molecule has 2 unspecified atom stereocenters. The normalized spacial score (nSPS) is 20.5. The fourth-order valence-electron chi connectivity index (χ4n) is 2.74. The molecule has 0 spiro atoms. The first-order valence-corrected chi connectivity index (χ1v) is 10.2. The number of β-amino-alcohol motifs (C(OH)–C–C–N with tert-alkyl or cyclic N) is 1. The van der Waals surface area contributed by atoms with E-state index in [2.05, 4.69) is 11.8 Å². The lowest BCUT2D eigenvalue weighted by molar-refractivity contribution is 0.0764. The Morgan fingerprint density at radius 3 is 2.59 bits per heavy atom. The molecule has 27 heavy (non-hydrogen) atoms. The number of likely N-dealkylation sites (tertiary alicyclic amines) is 1. The molecule has 1 aliphatic rings. The Morgan fingerprint density at radius 2 is 2.00 bits per heavy atom. The van der Waals surface area contributed by atoms with E-state index < -0.39 is 27.6 Å². The van der Waals surface area contributed by atoms with Gasteiger partial charge in [-0.25, -0.2) is 12.7 Å². The minimum Gasteiger partial charge on any atom is -0.391 e. The molecule has 0 aromatic heterocycles. The smallest absolute Gasteiger partial charge is 0.253 e. The number of hydrogen-bond donors (Lipinski definition) is 2. The highest BCUT2D eigenvalue weighted by atomic mass is 32.2. The number of carbonyl (C=O) groups is 1. The molecule has 1 amide bonds. The molecule has 1 heterocycles. The van der Waals surface area contributed by atoms with Crippen LogP contribution in [0.25, 0.3) is 0 Å². The minimum absolute atomic E-state index is 0.0893. The summed E-state index contributed by atoms with van der Waals surface area (Å²) in [4.78, 5) is 14.2. The Kier molecular flexibility index (Phi) is 6.32. The Morgan fingerprint density at radius 1 is 1.33 bits per heavy atom. The lowest BCUT2D eigenvalue weighted by Gasteiger charge is -2.18. The van der Waals surface area contributed by atoms with E-state index in [0.29, 0.717) is 11.1 Å². The van der Waals surface area contributed by atoms with E-state index >= 15 is 0 Å². The first kappa shape index (κ1) is 21.4. The molecular formula is C19H26N2O5S. The second kappa shape index (κ2) is 7.98. The number of benzene rings is 1. The molecule has 2 rings (SSSR count). The second-order valence-corrected chi connectivity index (χ2v) is 9.72. The van der Waals surface area contributed by atoms with Crippen molar-refractivity contribution in [2.24, 2.45) is 5.92 Å². The number of nitrogens with zero attached hydrogens (tertiary/aromatic N) is 2. The largest absolute Gasteiger partial charge is 0.391 e. The standard InChI is InChI=1S/C19H26N2O5S/c1-19(2,24)9-8-14-6-5-7-15(10-14)18(23)21-11-16(17(22)12-21)13-27(25,26)20(3)4/h5-7,10,16-17,22,24H,11-13H2,1-4H3. The van der Waals surface area contributed by atoms with E-state index in [-0.39, 0.29) is 24.7 Å². The molecule has 0 bridgehead atoms. The third-order valence-corrected chi connectivity index (χ3v) is 6.26. The molecule has 2 atom stereocenters. The van der Waals surface area contributed by atoms with Crippen LogP contribution < -0.4 is 0 Å². The SMILES string of the molecule is CN(C)S(=O)(=O)CC1CN(C(=O)c2cccc(C#CC(C)(C)O)c2)CC1O. The van der Waals surface area contributed by atoms with Crippen molar-refractivity contribution in [3.8, 4) is 11.8 Å². The number of rotatable bonds is 4. The van der Waals surface area contributed by atoms with Gasteiger partial charge < -0.3 is 15.1 Å². The van der Waals surface area contributed by atoms with Crippen LogP contribution >= 0.6 is 0 Å². The lowest BCUT2D eigenvalue weighted by atomic mass is 10.1. The molecule has 0 saturated carbocycles. The molecular weight excluding hydrogens is 368 g/mol. The number of amides is 1. The van der Waals surface area contributed by atoms with Gasteiger partial charge in [0.05, 0.1) is 11.9 Å². The van der Waals surface area contributed by atoms with Crippen LogP contribution in [-0.4, -0.2) is 78.4 Å². The van der Waals surface area contributed by atoms with Crippen molar-refractivity contribution in [2.75, 3.05) is 32.9 Å². The van der Waals surface area contributed by atoms with Gasteiger partial charge in [0.15, 0.2) is 0 Å². The minimum atomic E-state index is -3.46. The highest BCUT2D eigenvalue weighted by Crippen LogP contribution is 2.22. The van der Waals surface area contributed by atoms with Gasteiger partial charge in [0.2, 0.25) is 10.0 Å². The Balaban J connectivity index is 2.14. The van der Waals surface area contributed by atoms with Gasteiger partial charge in [-0.3, -0.25) is 4.79 Å². The van der Waals surface area contributed by atoms with Crippen molar-refractivity contribution in [3.05, 3.63) is 35.4 Å². The molecule has 1 aromatic rings. The summed E-state index contributed by atoms with van der Waals surface area (Å²) in [5.41, 5.74) is -0.139. The summed E-state index contributed by atoms with van der Waals surface area (Å²) in [5.74, 6) is 4.50. The van der Waals surface area contributed by atoms with Crippen LogP contribution in [0.5, 0.6) is 0 Å². The fourth-order valence-corrected chi connectivity index (χ4v) is 3.91. The Hall–Kier alpha value is -1.92.